The van der Waals surface area contributed by atoms with Gasteiger partial charge in [0, 0.05) is 6.61 Å². The van der Waals surface area contributed by atoms with Crippen molar-refractivity contribution in [2.45, 2.75) is 69.4 Å². The molecule has 1 aliphatic carbocycles. The van der Waals surface area contributed by atoms with Gasteiger partial charge in [-0.25, -0.2) is 0 Å². The van der Waals surface area contributed by atoms with Crippen LogP contribution in [0, 0.1) is 0 Å². The van der Waals surface area contributed by atoms with Crippen molar-refractivity contribution in [3.05, 3.63) is 0 Å². The van der Waals surface area contributed by atoms with Gasteiger partial charge in [-0.1, -0.05) is 19.3 Å². The van der Waals surface area contributed by atoms with Crippen LogP contribution in [0.4, 0.5) is 0 Å². The molecule has 1 unspecified atom stereocenters. The van der Waals surface area contributed by atoms with Crippen molar-refractivity contribution in [2.75, 3.05) is 13.2 Å². The molecule has 18 heavy (non-hydrogen) atoms. The van der Waals surface area contributed by atoms with E-state index < -0.39 is 0 Å². The summed E-state index contributed by atoms with van der Waals surface area (Å²) in [5, 5.41) is 12.6. The highest BCUT2D eigenvalue weighted by atomic mass is 16.5. The molecule has 1 amide bonds. The molecule has 4 nitrogen and oxygen atoms in total. The Bertz CT molecular complexity index is 268. The molecular formula is C14H25NO3. The number of hydrogen-bond acceptors (Lipinski definition) is 3. The highest BCUT2D eigenvalue weighted by Gasteiger charge is 2.33. The summed E-state index contributed by atoms with van der Waals surface area (Å²) in [6.07, 6.45) is 8.99. The minimum Gasteiger partial charge on any atom is -0.394 e. The first-order valence-electron chi connectivity index (χ1n) is 7.28. The predicted molar refractivity (Wildman–Crippen MR) is 69.3 cm³/mol. The van der Waals surface area contributed by atoms with E-state index in [9.17, 15) is 9.90 Å². The Balaban J connectivity index is 1.81. The van der Waals surface area contributed by atoms with Gasteiger partial charge in [0.25, 0.3) is 0 Å². The SMILES string of the molecule is O=C(CC1CCCCO1)NC1(CO)CCCCC1. The Kier molecular flexibility index (Phi) is 5.01. The van der Waals surface area contributed by atoms with Crippen molar-refractivity contribution in [3.8, 4) is 0 Å². The molecule has 1 heterocycles. The Labute approximate surface area is 109 Å². The molecular weight excluding hydrogens is 230 g/mol. The fraction of sp³-hybridized carbons (Fsp3) is 0.929. The van der Waals surface area contributed by atoms with Gasteiger partial charge >= 0.3 is 0 Å². The average molecular weight is 255 g/mol. The van der Waals surface area contributed by atoms with E-state index in [1.165, 1.54) is 6.42 Å². The molecule has 2 N–H and O–H groups in total. The van der Waals surface area contributed by atoms with E-state index in [1.54, 1.807) is 0 Å². The van der Waals surface area contributed by atoms with Gasteiger partial charge < -0.3 is 15.2 Å². The van der Waals surface area contributed by atoms with E-state index in [0.29, 0.717) is 6.42 Å². The number of carbonyl (C=O) groups is 1. The van der Waals surface area contributed by atoms with Crippen LogP contribution in [-0.4, -0.2) is 35.9 Å². The standard InChI is InChI=1S/C14H25NO3/c16-11-14(7-3-1-4-8-14)15-13(17)10-12-6-2-5-9-18-12/h12,16H,1-11H2,(H,15,17). The summed E-state index contributed by atoms with van der Waals surface area (Å²) in [6, 6.07) is 0. The number of aliphatic hydroxyl groups excluding tert-OH is 1. The molecule has 0 aromatic heterocycles. The van der Waals surface area contributed by atoms with E-state index in [4.69, 9.17) is 4.74 Å². The first kappa shape index (κ1) is 13.8. The van der Waals surface area contributed by atoms with Crippen molar-refractivity contribution < 1.29 is 14.6 Å². The number of hydrogen-bond donors (Lipinski definition) is 2. The lowest BCUT2D eigenvalue weighted by Gasteiger charge is -2.37. The third kappa shape index (κ3) is 3.69. The molecule has 2 rings (SSSR count). The number of amides is 1. The summed E-state index contributed by atoms with van der Waals surface area (Å²) < 4.78 is 5.58. The topological polar surface area (TPSA) is 58.6 Å². The van der Waals surface area contributed by atoms with Crippen LogP contribution in [0.3, 0.4) is 0 Å². The van der Waals surface area contributed by atoms with Gasteiger partial charge in [0.1, 0.15) is 0 Å². The van der Waals surface area contributed by atoms with Crippen LogP contribution in [0.1, 0.15) is 57.8 Å². The van der Waals surface area contributed by atoms with Crippen molar-refractivity contribution in [1.82, 2.24) is 5.32 Å². The quantitative estimate of drug-likeness (QED) is 0.804. The second-order valence-electron chi connectivity index (χ2n) is 5.74. The van der Waals surface area contributed by atoms with Gasteiger partial charge in [-0.15, -0.1) is 0 Å². The number of rotatable bonds is 4. The molecule has 1 saturated heterocycles. The first-order chi connectivity index (χ1) is 8.74. The van der Waals surface area contributed by atoms with Crippen molar-refractivity contribution in [3.63, 3.8) is 0 Å². The van der Waals surface area contributed by atoms with E-state index in [-0.39, 0.29) is 24.2 Å². The van der Waals surface area contributed by atoms with E-state index in [0.717, 1.165) is 51.6 Å². The van der Waals surface area contributed by atoms with Gasteiger partial charge in [0.15, 0.2) is 0 Å². The molecule has 2 aliphatic rings. The van der Waals surface area contributed by atoms with Crippen LogP contribution < -0.4 is 5.32 Å². The lowest BCUT2D eigenvalue weighted by atomic mass is 9.82. The molecule has 104 valence electrons. The minimum atomic E-state index is -0.357. The van der Waals surface area contributed by atoms with Gasteiger partial charge in [-0.2, -0.15) is 0 Å². The summed E-state index contributed by atoms with van der Waals surface area (Å²) in [5.41, 5.74) is -0.357. The fourth-order valence-electron chi connectivity index (χ4n) is 3.07. The number of ether oxygens (including phenoxy) is 1. The summed E-state index contributed by atoms with van der Waals surface area (Å²) in [7, 11) is 0. The zero-order chi connectivity index (χ0) is 12.8. The third-order valence-corrected chi connectivity index (χ3v) is 4.20. The van der Waals surface area contributed by atoms with Crippen LogP contribution in [0.2, 0.25) is 0 Å². The Hall–Kier alpha value is -0.610. The second kappa shape index (κ2) is 6.53. The molecule has 0 bridgehead atoms. The van der Waals surface area contributed by atoms with Gasteiger partial charge in [-0.3, -0.25) is 4.79 Å². The van der Waals surface area contributed by atoms with E-state index in [2.05, 4.69) is 5.32 Å². The zero-order valence-electron chi connectivity index (χ0n) is 11.1. The Morgan fingerprint density at radius 2 is 2.00 bits per heavy atom. The van der Waals surface area contributed by atoms with Crippen LogP contribution >= 0.6 is 0 Å². The third-order valence-electron chi connectivity index (χ3n) is 4.20. The molecule has 1 saturated carbocycles. The monoisotopic (exact) mass is 255 g/mol. The van der Waals surface area contributed by atoms with Crippen LogP contribution in [0.25, 0.3) is 0 Å². The lowest BCUT2D eigenvalue weighted by Crippen LogP contribution is -2.53. The average Bonchev–Trinajstić information content (AvgIpc) is 2.41. The first-order valence-corrected chi connectivity index (χ1v) is 7.28. The maximum atomic E-state index is 12.0. The van der Waals surface area contributed by atoms with Crippen molar-refractivity contribution >= 4 is 5.91 Å². The predicted octanol–water partition coefficient (Wildman–Crippen LogP) is 1.76. The van der Waals surface area contributed by atoms with E-state index >= 15 is 0 Å². The molecule has 0 aromatic rings. The normalized spacial score (nSPS) is 27.7. The van der Waals surface area contributed by atoms with Gasteiger partial charge in [-0.05, 0) is 32.1 Å². The highest BCUT2D eigenvalue weighted by Crippen LogP contribution is 2.28. The number of aliphatic hydroxyl groups is 1. The Morgan fingerprint density at radius 1 is 1.22 bits per heavy atom. The van der Waals surface area contributed by atoms with Crippen molar-refractivity contribution in [2.24, 2.45) is 0 Å². The van der Waals surface area contributed by atoms with Crippen molar-refractivity contribution in [1.29, 1.82) is 0 Å². The second-order valence-corrected chi connectivity index (χ2v) is 5.74. The molecule has 2 fully saturated rings. The molecule has 0 spiro atoms. The molecule has 0 aromatic carbocycles. The number of carbonyl (C=O) groups excluding carboxylic acids is 1. The molecule has 1 atom stereocenters. The molecule has 4 heteroatoms. The van der Waals surface area contributed by atoms with Crippen LogP contribution in [-0.2, 0) is 9.53 Å². The largest absolute Gasteiger partial charge is 0.394 e. The maximum absolute atomic E-state index is 12.0. The summed E-state index contributed by atoms with van der Waals surface area (Å²) >= 11 is 0. The zero-order valence-corrected chi connectivity index (χ0v) is 11.1. The number of nitrogens with one attached hydrogen (secondary N) is 1. The van der Waals surface area contributed by atoms with E-state index in [1.807, 2.05) is 0 Å². The highest BCUT2D eigenvalue weighted by molar-refractivity contribution is 5.77. The van der Waals surface area contributed by atoms with Gasteiger partial charge in [0.2, 0.25) is 5.91 Å². The van der Waals surface area contributed by atoms with Crippen LogP contribution in [0.15, 0.2) is 0 Å². The smallest absolute Gasteiger partial charge is 0.223 e. The van der Waals surface area contributed by atoms with Crippen LogP contribution in [0.5, 0.6) is 0 Å². The summed E-state index contributed by atoms with van der Waals surface area (Å²) in [4.78, 5) is 12.0. The molecule has 0 radical (unpaired) electrons. The Morgan fingerprint density at radius 3 is 2.61 bits per heavy atom. The summed E-state index contributed by atoms with van der Waals surface area (Å²) in [5.74, 6) is 0.0397. The fourth-order valence-corrected chi connectivity index (χ4v) is 3.07. The maximum Gasteiger partial charge on any atom is 0.223 e. The summed E-state index contributed by atoms with van der Waals surface area (Å²) in [6.45, 7) is 0.841. The van der Waals surface area contributed by atoms with Gasteiger partial charge in [0.05, 0.1) is 24.7 Å². The lowest BCUT2D eigenvalue weighted by molar-refractivity contribution is -0.128. The molecule has 1 aliphatic heterocycles. The minimum absolute atomic E-state index is 0.0397.